The molecule has 1 atom stereocenters. The predicted molar refractivity (Wildman–Crippen MR) is 44.2 cm³/mol. The van der Waals surface area contributed by atoms with Crippen molar-refractivity contribution >= 4 is 0 Å². The van der Waals surface area contributed by atoms with Crippen LogP contribution in [0.4, 0.5) is 0 Å². The molecule has 0 rings (SSSR count). The minimum absolute atomic E-state index is 0.177. The minimum Gasteiger partial charge on any atom is -0.376 e. The maximum absolute atomic E-state index is 8.71. The first-order valence-corrected chi connectivity index (χ1v) is 3.76. The summed E-state index contributed by atoms with van der Waals surface area (Å²) in [5.41, 5.74) is -0.551. The second-order valence-corrected chi connectivity index (χ2v) is 3.05. The average molecular weight is 156 g/mol. The van der Waals surface area contributed by atoms with Crippen LogP contribution in [0.15, 0.2) is 0 Å². The number of nitrogens with zero attached hydrogens (tertiary/aromatic N) is 1. The van der Waals surface area contributed by atoms with E-state index in [0.29, 0.717) is 6.61 Å². The normalized spacial score (nSPS) is 16.0. The first kappa shape index (κ1) is 10.4. The van der Waals surface area contributed by atoms with Gasteiger partial charge in [0.05, 0.1) is 18.8 Å². The lowest BCUT2D eigenvalue weighted by Crippen LogP contribution is -2.43. The van der Waals surface area contributed by atoms with Gasteiger partial charge in [-0.25, -0.2) is 0 Å². The molecule has 0 radical (unpaired) electrons. The SMILES string of the molecule is CNC(C)(C#N)COC(C)C. The van der Waals surface area contributed by atoms with Crippen LogP contribution in [0.3, 0.4) is 0 Å². The van der Waals surface area contributed by atoms with Crippen molar-refractivity contribution < 1.29 is 4.74 Å². The van der Waals surface area contributed by atoms with Crippen molar-refractivity contribution in [2.24, 2.45) is 0 Å². The van der Waals surface area contributed by atoms with Gasteiger partial charge in [-0.05, 0) is 27.8 Å². The lowest BCUT2D eigenvalue weighted by Gasteiger charge is -2.21. The Morgan fingerprint density at radius 3 is 2.45 bits per heavy atom. The third kappa shape index (κ3) is 3.97. The Balaban J connectivity index is 3.81. The average Bonchev–Trinajstić information content (AvgIpc) is 2.00. The molecule has 0 fully saturated rings. The molecule has 11 heavy (non-hydrogen) atoms. The van der Waals surface area contributed by atoms with Gasteiger partial charge in [0.2, 0.25) is 0 Å². The van der Waals surface area contributed by atoms with Crippen LogP contribution in [0.25, 0.3) is 0 Å². The minimum atomic E-state index is -0.551. The second-order valence-electron chi connectivity index (χ2n) is 3.05. The molecule has 0 heterocycles. The fraction of sp³-hybridized carbons (Fsp3) is 0.875. The van der Waals surface area contributed by atoms with Gasteiger partial charge < -0.3 is 10.1 Å². The van der Waals surface area contributed by atoms with Gasteiger partial charge in [-0.3, -0.25) is 0 Å². The maximum atomic E-state index is 8.71. The van der Waals surface area contributed by atoms with Crippen molar-refractivity contribution in [2.75, 3.05) is 13.7 Å². The van der Waals surface area contributed by atoms with Crippen molar-refractivity contribution in [3.05, 3.63) is 0 Å². The van der Waals surface area contributed by atoms with E-state index >= 15 is 0 Å². The number of hydrogen-bond donors (Lipinski definition) is 1. The highest BCUT2D eigenvalue weighted by Gasteiger charge is 2.21. The van der Waals surface area contributed by atoms with Gasteiger partial charge in [-0.1, -0.05) is 0 Å². The highest BCUT2D eigenvalue weighted by atomic mass is 16.5. The molecule has 64 valence electrons. The summed E-state index contributed by atoms with van der Waals surface area (Å²) < 4.78 is 5.30. The van der Waals surface area contributed by atoms with Crippen LogP contribution in [0, 0.1) is 11.3 Å². The van der Waals surface area contributed by atoms with E-state index < -0.39 is 5.54 Å². The Morgan fingerprint density at radius 1 is 1.64 bits per heavy atom. The highest BCUT2D eigenvalue weighted by Crippen LogP contribution is 2.02. The van der Waals surface area contributed by atoms with Crippen molar-refractivity contribution in [1.82, 2.24) is 5.32 Å². The molecule has 0 amide bonds. The van der Waals surface area contributed by atoms with Gasteiger partial charge in [-0.2, -0.15) is 5.26 Å². The van der Waals surface area contributed by atoms with Gasteiger partial charge >= 0.3 is 0 Å². The smallest absolute Gasteiger partial charge is 0.127 e. The fourth-order valence-electron chi connectivity index (χ4n) is 0.494. The lowest BCUT2D eigenvalue weighted by molar-refractivity contribution is 0.0507. The number of likely N-dealkylation sites (N-methyl/N-ethyl adjacent to an activating group) is 1. The number of ether oxygens (including phenoxy) is 1. The second kappa shape index (κ2) is 4.32. The van der Waals surface area contributed by atoms with Crippen LogP contribution in [0.1, 0.15) is 20.8 Å². The molecular formula is C8H16N2O. The molecule has 1 unspecified atom stereocenters. The number of rotatable bonds is 4. The van der Waals surface area contributed by atoms with E-state index in [1.54, 1.807) is 7.05 Å². The number of nitrogens with one attached hydrogen (secondary N) is 1. The Morgan fingerprint density at radius 2 is 2.18 bits per heavy atom. The molecule has 0 aromatic heterocycles. The summed E-state index contributed by atoms with van der Waals surface area (Å²) >= 11 is 0. The largest absolute Gasteiger partial charge is 0.376 e. The number of nitriles is 1. The van der Waals surface area contributed by atoms with Crippen molar-refractivity contribution in [3.63, 3.8) is 0 Å². The molecule has 0 aromatic rings. The molecule has 0 aliphatic carbocycles. The molecule has 3 heteroatoms. The van der Waals surface area contributed by atoms with Crippen molar-refractivity contribution in [1.29, 1.82) is 5.26 Å². The standard InChI is InChI=1S/C8H16N2O/c1-7(2)11-6-8(3,5-9)10-4/h7,10H,6H2,1-4H3. The Hall–Kier alpha value is -0.590. The summed E-state index contributed by atoms with van der Waals surface area (Å²) in [4.78, 5) is 0. The molecule has 0 aromatic carbocycles. The van der Waals surface area contributed by atoms with E-state index in [-0.39, 0.29) is 6.10 Å². The van der Waals surface area contributed by atoms with Gasteiger partial charge in [-0.15, -0.1) is 0 Å². The van der Waals surface area contributed by atoms with Gasteiger partial charge in [0.1, 0.15) is 5.54 Å². The summed E-state index contributed by atoms with van der Waals surface area (Å²) in [6.07, 6.45) is 0.177. The summed E-state index contributed by atoms with van der Waals surface area (Å²) in [5.74, 6) is 0. The zero-order valence-electron chi connectivity index (χ0n) is 7.64. The first-order chi connectivity index (χ1) is 5.04. The zero-order valence-corrected chi connectivity index (χ0v) is 7.64. The Labute approximate surface area is 68.3 Å². The third-order valence-corrected chi connectivity index (χ3v) is 1.50. The molecule has 0 saturated heterocycles. The fourth-order valence-corrected chi connectivity index (χ4v) is 0.494. The van der Waals surface area contributed by atoms with Crippen LogP contribution in [0.5, 0.6) is 0 Å². The topological polar surface area (TPSA) is 45.0 Å². The van der Waals surface area contributed by atoms with E-state index in [9.17, 15) is 0 Å². The lowest BCUT2D eigenvalue weighted by atomic mass is 10.1. The monoisotopic (exact) mass is 156 g/mol. The van der Waals surface area contributed by atoms with Crippen LogP contribution in [-0.2, 0) is 4.74 Å². The molecule has 0 aliphatic rings. The maximum Gasteiger partial charge on any atom is 0.127 e. The summed E-state index contributed by atoms with van der Waals surface area (Å²) in [6, 6.07) is 2.15. The molecule has 0 saturated carbocycles. The molecule has 0 bridgehead atoms. The Kier molecular flexibility index (Phi) is 4.09. The molecule has 0 spiro atoms. The van der Waals surface area contributed by atoms with Crippen LogP contribution in [-0.4, -0.2) is 25.3 Å². The van der Waals surface area contributed by atoms with Crippen molar-refractivity contribution in [3.8, 4) is 6.07 Å². The molecule has 3 nitrogen and oxygen atoms in total. The van der Waals surface area contributed by atoms with E-state index in [2.05, 4.69) is 11.4 Å². The molecule has 0 aliphatic heterocycles. The highest BCUT2D eigenvalue weighted by molar-refractivity contribution is 5.02. The van der Waals surface area contributed by atoms with Gasteiger partial charge in [0, 0.05) is 0 Å². The summed E-state index contributed by atoms with van der Waals surface area (Å²) in [7, 11) is 1.76. The predicted octanol–water partition coefficient (Wildman–Crippen LogP) is 0.913. The van der Waals surface area contributed by atoms with Crippen LogP contribution in [0.2, 0.25) is 0 Å². The molecule has 1 N–H and O–H groups in total. The third-order valence-electron chi connectivity index (χ3n) is 1.50. The zero-order chi connectivity index (χ0) is 8.91. The van der Waals surface area contributed by atoms with Crippen LogP contribution < -0.4 is 5.32 Å². The van der Waals surface area contributed by atoms with Crippen molar-refractivity contribution in [2.45, 2.75) is 32.4 Å². The van der Waals surface area contributed by atoms with Crippen LogP contribution >= 0.6 is 0 Å². The molecular weight excluding hydrogens is 140 g/mol. The number of hydrogen-bond acceptors (Lipinski definition) is 3. The summed E-state index contributed by atoms with van der Waals surface area (Å²) in [6.45, 7) is 6.15. The van der Waals surface area contributed by atoms with Gasteiger partial charge in [0.25, 0.3) is 0 Å². The van der Waals surface area contributed by atoms with E-state index in [1.807, 2.05) is 20.8 Å². The summed E-state index contributed by atoms with van der Waals surface area (Å²) in [5, 5.41) is 11.6. The quantitative estimate of drug-likeness (QED) is 0.658. The van der Waals surface area contributed by atoms with E-state index in [1.165, 1.54) is 0 Å². The van der Waals surface area contributed by atoms with E-state index in [4.69, 9.17) is 10.00 Å². The van der Waals surface area contributed by atoms with Gasteiger partial charge in [0.15, 0.2) is 0 Å². The first-order valence-electron chi connectivity index (χ1n) is 3.76. The Bertz CT molecular complexity index is 151. The van der Waals surface area contributed by atoms with E-state index in [0.717, 1.165) is 0 Å².